The number of hydrogen-bond acceptors (Lipinski definition) is 6. The Bertz CT molecular complexity index is 2740. The van der Waals surface area contributed by atoms with Crippen molar-refractivity contribution >= 4 is 77.2 Å². The Morgan fingerprint density at radius 2 is 1.45 bits per heavy atom. The molecule has 0 spiro atoms. The molecule has 1 unspecified atom stereocenters. The van der Waals surface area contributed by atoms with Gasteiger partial charge in [-0.05, 0) is 63.5 Å². The SMILES string of the molecule is CNc1ccc(-c2ccc(C3=NC(c4cccc(-c5cccc6oc7c8ccccc8ccc7c56)c4)=NC(c4ccccc4)N3)cc2)cc1N(C)I=O. The summed E-state index contributed by atoms with van der Waals surface area (Å²) in [6.45, 7) is 0. The van der Waals surface area contributed by atoms with Gasteiger partial charge in [0.2, 0.25) is 0 Å². The number of furan rings is 1. The number of nitrogens with zero attached hydrogens (tertiary/aromatic N) is 3. The summed E-state index contributed by atoms with van der Waals surface area (Å²) in [5.74, 6) is 1.41. The number of rotatable bonds is 8. The standard InChI is InChI=1S/C45H34IN5O2/c1-47-38-25-23-32(27-39(38)51(2)46-52)28-18-20-31(21-19-28)44-48-43(30-11-4-3-5-12-30)49-45(50-44)34-14-8-13-33(26-34)35-16-9-17-40-41(35)37-24-22-29-10-6-7-15-36(29)42(37)53-40/h3-27,43,47H,1-2H3,(H,48,49,50). The second-order valence-electron chi connectivity index (χ2n) is 13.0. The highest BCUT2D eigenvalue weighted by Gasteiger charge is 2.22. The van der Waals surface area contributed by atoms with Crippen LogP contribution in [0.4, 0.5) is 11.4 Å². The molecule has 2 heterocycles. The first kappa shape index (κ1) is 32.8. The summed E-state index contributed by atoms with van der Waals surface area (Å²) < 4.78 is 20.1. The highest BCUT2D eigenvalue weighted by Crippen LogP contribution is 2.40. The molecule has 7 nitrogen and oxygen atoms in total. The van der Waals surface area contributed by atoms with Crippen LogP contribution in [-0.2, 0) is 3.07 Å². The van der Waals surface area contributed by atoms with Crippen LogP contribution in [0.3, 0.4) is 0 Å². The van der Waals surface area contributed by atoms with Gasteiger partial charge in [0.15, 0.2) is 5.84 Å². The van der Waals surface area contributed by atoms with Crippen molar-refractivity contribution in [3.05, 3.63) is 168 Å². The summed E-state index contributed by atoms with van der Waals surface area (Å²) in [5, 5.41) is 11.3. The van der Waals surface area contributed by atoms with E-state index in [4.69, 9.17) is 14.4 Å². The first-order valence-corrected chi connectivity index (χ1v) is 19.3. The Hall–Kier alpha value is -6.13. The molecule has 0 fully saturated rings. The molecule has 0 saturated carbocycles. The van der Waals surface area contributed by atoms with Gasteiger partial charge in [-0.15, -0.1) is 0 Å². The van der Waals surface area contributed by atoms with E-state index in [0.717, 1.165) is 88.9 Å². The molecule has 1 atom stereocenters. The number of fused-ring (bicyclic) bond motifs is 5. The van der Waals surface area contributed by atoms with E-state index < -0.39 is 21.5 Å². The molecule has 1 aliphatic heterocycles. The number of nitrogens with one attached hydrogen (secondary N) is 2. The van der Waals surface area contributed by atoms with Crippen LogP contribution in [0.15, 0.2) is 166 Å². The molecule has 1 aromatic heterocycles. The van der Waals surface area contributed by atoms with Crippen molar-refractivity contribution in [2.45, 2.75) is 6.17 Å². The molecule has 0 radical (unpaired) electrons. The zero-order valence-electron chi connectivity index (χ0n) is 29.0. The average molecular weight is 804 g/mol. The lowest BCUT2D eigenvalue weighted by Gasteiger charge is -2.24. The molecule has 0 aliphatic carbocycles. The fourth-order valence-electron chi connectivity index (χ4n) is 7.19. The quantitative estimate of drug-likeness (QED) is 0.118. The molecule has 0 saturated heterocycles. The Morgan fingerprint density at radius 3 is 2.28 bits per heavy atom. The molecule has 1 aliphatic rings. The second kappa shape index (κ2) is 13.8. The van der Waals surface area contributed by atoms with Crippen LogP contribution in [0, 0.1) is 0 Å². The second-order valence-corrected chi connectivity index (χ2v) is 14.8. The number of benzene rings is 7. The average Bonchev–Trinajstić information content (AvgIpc) is 3.63. The molecule has 8 heteroatoms. The topological polar surface area (TPSA) is 82.2 Å². The van der Waals surface area contributed by atoms with Crippen molar-refractivity contribution in [2.24, 2.45) is 9.98 Å². The zero-order valence-corrected chi connectivity index (χ0v) is 31.2. The molecule has 53 heavy (non-hydrogen) atoms. The van der Waals surface area contributed by atoms with Gasteiger partial charge in [0.1, 0.15) is 23.2 Å². The predicted octanol–water partition coefficient (Wildman–Crippen LogP) is 11.3. The van der Waals surface area contributed by atoms with Crippen molar-refractivity contribution in [3.63, 3.8) is 0 Å². The lowest BCUT2D eigenvalue weighted by Crippen LogP contribution is -2.33. The van der Waals surface area contributed by atoms with Gasteiger partial charge in [-0.25, -0.2) is 13.1 Å². The van der Waals surface area contributed by atoms with Crippen molar-refractivity contribution in [3.8, 4) is 22.3 Å². The number of anilines is 2. The van der Waals surface area contributed by atoms with Gasteiger partial charge in [-0.3, -0.25) is 3.11 Å². The van der Waals surface area contributed by atoms with Crippen LogP contribution in [0.5, 0.6) is 0 Å². The minimum Gasteiger partial charge on any atom is -0.455 e. The van der Waals surface area contributed by atoms with Crippen molar-refractivity contribution in [1.82, 2.24) is 5.32 Å². The molecule has 9 rings (SSSR count). The third-order valence-electron chi connectivity index (χ3n) is 9.87. The highest BCUT2D eigenvalue weighted by molar-refractivity contribution is 14.1. The summed E-state index contributed by atoms with van der Waals surface area (Å²) in [5.41, 5.74) is 10.8. The molecule has 0 bridgehead atoms. The maximum atomic E-state index is 11.8. The highest BCUT2D eigenvalue weighted by atomic mass is 127. The third kappa shape index (κ3) is 6.04. The van der Waals surface area contributed by atoms with E-state index in [1.165, 1.54) is 0 Å². The lowest BCUT2D eigenvalue weighted by atomic mass is 9.96. The van der Waals surface area contributed by atoms with Crippen LogP contribution in [0.2, 0.25) is 0 Å². The summed E-state index contributed by atoms with van der Waals surface area (Å²) in [7, 11) is 3.73. The molecule has 2 N–H and O–H groups in total. The van der Waals surface area contributed by atoms with Gasteiger partial charge in [0.25, 0.3) is 21.5 Å². The Morgan fingerprint density at radius 1 is 0.698 bits per heavy atom. The largest absolute Gasteiger partial charge is 0.455 e. The normalized spacial score (nSPS) is 14.2. The summed E-state index contributed by atoms with van der Waals surface area (Å²) in [4.78, 5) is 10.3. The monoisotopic (exact) mass is 803 g/mol. The Balaban J connectivity index is 1.11. The maximum Gasteiger partial charge on any atom is 0.273 e. The van der Waals surface area contributed by atoms with E-state index in [9.17, 15) is 3.07 Å². The van der Waals surface area contributed by atoms with E-state index in [0.29, 0.717) is 5.84 Å². The zero-order chi connectivity index (χ0) is 35.9. The fourth-order valence-corrected chi connectivity index (χ4v) is 7.80. The molecular weight excluding hydrogens is 769 g/mol. The van der Waals surface area contributed by atoms with Crippen LogP contribution in [0.25, 0.3) is 55.0 Å². The summed E-state index contributed by atoms with van der Waals surface area (Å²) in [6.07, 6.45) is -0.320. The van der Waals surface area contributed by atoms with Crippen molar-refractivity contribution in [1.29, 1.82) is 0 Å². The van der Waals surface area contributed by atoms with Gasteiger partial charge in [-0.1, -0.05) is 121 Å². The van der Waals surface area contributed by atoms with E-state index in [1.807, 2.05) is 47.5 Å². The van der Waals surface area contributed by atoms with Gasteiger partial charge in [0.05, 0.1) is 11.4 Å². The molecular formula is C45H34IN5O2. The minimum absolute atomic E-state index is 0.320. The van der Waals surface area contributed by atoms with Gasteiger partial charge < -0.3 is 15.1 Å². The first-order valence-electron chi connectivity index (χ1n) is 17.4. The molecule has 0 amide bonds. The summed E-state index contributed by atoms with van der Waals surface area (Å²) >= 11 is -1.33. The van der Waals surface area contributed by atoms with E-state index >= 15 is 0 Å². The van der Waals surface area contributed by atoms with Gasteiger partial charge in [0, 0.05) is 41.4 Å². The third-order valence-corrected chi connectivity index (χ3v) is 11.0. The van der Waals surface area contributed by atoms with Gasteiger partial charge in [-0.2, -0.15) is 0 Å². The van der Waals surface area contributed by atoms with Crippen LogP contribution in [-0.4, -0.2) is 25.8 Å². The predicted molar refractivity (Wildman–Crippen MR) is 227 cm³/mol. The summed E-state index contributed by atoms with van der Waals surface area (Å²) in [6, 6.07) is 52.3. The van der Waals surface area contributed by atoms with Crippen LogP contribution in [0.1, 0.15) is 22.9 Å². The van der Waals surface area contributed by atoms with Crippen LogP contribution >= 0.6 is 21.5 Å². The molecule has 258 valence electrons. The lowest BCUT2D eigenvalue weighted by molar-refractivity contribution is 0.647. The fraction of sp³-hybridized carbons (Fsp3) is 0.0667. The Labute approximate surface area is 317 Å². The number of hydrogen-bond donors (Lipinski definition) is 2. The number of aliphatic imine (C=N–C) groups is 2. The molecule has 7 aromatic carbocycles. The van der Waals surface area contributed by atoms with Gasteiger partial charge >= 0.3 is 0 Å². The number of halogens is 1. The smallest absolute Gasteiger partial charge is 0.273 e. The Kier molecular flexibility index (Phi) is 8.52. The minimum atomic E-state index is -1.33. The first-order chi connectivity index (χ1) is 26.1. The van der Waals surface area contributed by atoms with Crippen molar-refractivity contribution < 1.29 is 7.49 Å². The number of amidine groups is 2. The van der Waals surface area contributed by atoms with Crippen LogP contribution < -0.4 is 13.7 Å². The maximum absolute atomic E-state index is 11.8. The molecule has 8 aromatic rings. The van der Waals surface area contributed by atoms with E-state index in [1.54, 1.807) is 0 Å². The van der Waals surface area contributed by atoms with Crippen molar-refractivity contribution in [2.75, 3.05) is 22.5 Å². The van der Waals surface area contributed by atoms with E-state index in [2.05, 4.69) is 132 Å². The van der Waals surface area contributed by atoms with E-state index in [-0.39, 0.29) is 6.17 Å².